The number of carbonyl (C=O) groups excluding carboxylic acids is 1. The first-order valence-electron chi connectivity index (χ1n) is 11.1. The van der Waals surface area contributed by atoms with Gasteiger partial charge in [-0.1, -0.05) is 30.2 Å². The van der Waals surface area contributed by atoms with Gasteiger partial charge in [-0.05, 0) is 43.9 Å². The van der Waals surface area contributed by atoms with Crippen molar-refractivity contribution in [1.82, 2.24) is 4.90 Å². The third-order valence-corrected chi connectivity index (χ3v) is 10.00. The van der Waals surface area contributed by atoms with Crippen LogP contribution < -0.4 is 0 Å². The van der Waals surface area contributed by atoms with Gasteiger partial charge in [-0.3, -0.25) is 9.69 Å². The second-order valence-corrected chi connectivity index (χ2v) is 10.5. The molecule has 2 saturated heterocycles. The molecule has 0 aromatic carbocycles. The maximum Gasteiger partial charge on any atom is 0.309 e. The summed E-state index contributed by atoms with van der Waals surface area (Å²) in [6.45, 7) is 3.21. The van der Waals surface area contributed by atoms with Gasteiger partial charge in [0.25, 0.3) is 0 Å². The van der Waals surface area contributed by atoms with Crippen molar-refractivity contribution in [2.45, 2.75) is 50.4 Å². The van der Waals surface area contributed by atoms with Gasteiger partial charge in [0.15, 0.2) is 5.72 Å². The lowest BCUT2D eigenvalue weighted by molar-refractivity contribution is -0.308. The maximum absolute atomic E-state index is 12.8. The molecule has 0 aromatic heterocycles. The molecule has 3 fully saturated rings. The van der Waals surface area contributed by atoms with Crippen LogP contribution in [-0.2, 0) is 9.53 Å². The Labute approximate surface area is 171 Å². The van der Waals surface area contributed by atoms with E-state index >= 15 is 0 Å². The van der Waals surface area contributed by atoms with Gasteiger partial charge < -0.3 is 20.1 Å². The number of aliphatic hydroxyl groups is 3. The zero-order valence-corrected chi connectivity index (χ0v) is 17.2. The third kappa shape index (κ3) is 1.62. The van der Waals surface area contributed by atoms with Crippen LogP contribution in [0.5, 0.6) is 0 Å². The molecule has 0 radical (unpaired) electrons. The van der Waals surface area contributed by atoms with Gasteiger partial charge in [0, 0.05) is 24.4 Å². The summed E-state index contributed by atoms with van der Waals surface area (Å²) in [6, 6.07) is 0. The van der Waals surface area contributed by atoms with Crippen LogP contribution in [0.4, 0.5) is 0 Å². The van der Waals surface area contributed by atoms with Gasteiger partial charge in [-0.25, -0.2) is 0 Å². The molecule has 6 heteroatoms. The molecule has 4 aliphatic carbocycles. The second kappa shape index (κ2) is 5.34. The fourth-order valence-corrected chi connectivity index (χ4v) is 8.87. The number of carbonyl (C=O) groups is 1. The van der Waals surface area contributed by atoms with Crippen LogP contribution in [0.2, 0.25) is 0 Å². The summed E-state index contributed by atoms with van der Waals surface area (Å²) < 4.78 is 5.19. The summed E-state index contributed by atoms with van der Waals surface area (Å²) in [4.78, 5) is 14.9. The van der Waals surface area contributed by atoms with E-state index in [1.807, 2.05) is 13.0 Å². The molecule has 2 aliphatic heterocycles. The second-order valence-electron chi connectivity index (χ2n) is 10.5. The molecule has 6 nitrogen and oxygen atoms in total. The average Bonchev–Trinajstić information content (AvgIpc) is 3.32. The maximum atomic E-state index is 12.8. The van der Waals surface area contributed by atoms with E-state index in [1.165, 1.54) is 18.3 Å². The normalized spacial score (nSPS) is 54.5. The van der Waals surface area contributed by atoms with Crippen LogP contribution in [-0.4, -0.2) is 64.3 Å². The number of allylic oxidation sites excluding steroid dienone is 1. The number of aliphatic hydroxyl groups excluding tert-OH is 1. The SMILES string of the molecule is COC(=O)[C@@H]1C[C@@]23C4=C(CC[C@@H]5CN6C[C@@H](C)[C@@](O)(C=C[C@]52CO)[C@]63O)CC[C@@H]41. The molecular formula is C23H31NO5. The number of hydrogen-bond acceptors (Lipinski definition) is 6. The van der Waals surface area contributed by atoms with Gasteiger partial charge in [-0.15, -0.1) is 0 Å². The first-order chi connectivity index (χ1) is 13.8. The Bertz CT molecular complexity index is 867. The number of esters is 1. The highest BCUT2D eigenvalue weighted by Gasteiger charge is 2.84. The predicted octanol–water partition coefficient (Wildman–Crippen LogP) is 1.22. The van der Waals surface area contributed by atoms with E-state index in [1.54, 1.807) is 6.08 Å². The van der Waals surface area contributed by atoms with Crippen molar-refractivity contribution in [3.05, 3.63) is 23.3 Å². The van der Waals surface area contributed by atoms with Crippen molar-refractivity contribution >= 4 is 5.97 Å². The van der Waals surface area contributed by atoms with Crippen molar-refractivity contribution in [1.29, 1.82) is 0 Å². The van der Waals surface area contributed by atoms with Crippen LogP contribution in [0.15, 0.2) is 23.3 Å². The molecule has 1 spiro atoms. The fourth-order valence-electron chi connectivity index (χ4n) is 8.87. The average molecular weight is 402 g/mol. The van der Waals surface area contributed by atoms with Gasteiger partial charge in [0.2, 0.25) is 0 Å². The van der Waals surface area contributed by atoms with Gasteiger partial charge in [-0.2, -0.15) is 0 Å². The van der Waals surface area contributed by atoms with Crippen molar-refractivity contribution in [2.75, 3.05) is 26.8 Å². The zero-order valence-electron chi connectivity index (χ0n) is 17.2. The summed E-state index contributed by atoms with van der Waals surface area (Å²) in [5, 5.41) is 35.4. The van der Waals surface area contributed by atoms with Crippen molar-refractivity contribution < 1.29 is 24.9 Å². The minimum Gasteiger partial charge on any atom is -0.469 e. The lowest BCUT2D eigenvalue weighted by Gasteiger charge is -2.68. The molecule has 6 rings (SSSR count). The van der Waals surface area contributed by atoms with E-state index in [2.05, 4.69) is 4.90 Å². The molecular weight excluding hydrogens is 370 g/mol. The Morgan fingerprint density at radius 1 is 1.24 bits per heavy atom. The molecule has 158 valence electrons. The Morgan fingerprint density at radius 3 is 2.72 bits per heavy atom. The smallest absolute Gasteiger partial charge is 0.309 e. The zero-order chi connectivity index (χ0) is 20.4. The highest BCUT2D eigenvalue weighted by Crippen LogP contribution is 2.78. The predicted molar refractivity (Wildman–Crippen MR) is 104 cm³/mol. The van der Waals surface area contributed by atoms with Crippen molar-refractivity contribution in [3.63, 3.8) is 0 Å². The van der Waals surface area contributed by atoms with E-state index in [-0.39, 0.29) is 36.2 Å². The van der Waals surface area contributed by atoms with Crippen LogP contribution in [0, 0.1) is 34.5 Å². The molecule has 4 bridgehead atoms. The molecule has 6 aliphatic rings. The highest BCUT2D eigenvalue weighted by molar-refractivity contribution is 5.75. The largest absolute Gasteiger partial charge is 0.469 e. The van der Waals surface area contributed by atoms with Crippen LogP contribution in [0.1, 0.15) is 39.0 Å². The number of piperidine rings is 1. The van der Waals surface area contributed by atoms with Crippen molar-refractivity contribution in [2.24, 2.45) is 34.5 Å². The quantitative estimate of drug-likeness (QED) is 0.476. The third-order valence-electron chi connectivity index (χ3n) is 10.00. The van der Waals surface area contributed by atoms with Gasteiger partial charge in [0.05, 0.1) is 25.0 Å². The van der Waals surface area contributed by atoms with E-state index in [4.69, 9.17) is 4.74 Å². The monoisotopic (exact) mass is 401 g/mol. The number of ether oxygens (including phenoxy) is 1. The number of methoxy groups -OCH3 is 1. The number of nitrogens with zero attached hydrogens (tertiary/aromatic N) is 1. The standard InChI is InChI=1S/C23H31NO5/c1-13-10-24-11-15-5-3-14-4-6-16-17(19(26)29-2)9-21(18(14)16)20(15,12-25)7-8-22(13,27)23(21,24)28/h7-8,13,15-17,25,27-28H,3-6,9-12H2,1-2H3/t13-,15-,16-,17-,20+,21-,22+,23+/m1/s1. The fraction of sp³-hybridized carbons (Fsp3) is 0.783. The topological polar surface area (TPSA) is 90.2 Å². The molecule has 3 N–H and O–H groups in total. The number of rotatable bonds is 2. The minimum atomic E-state index is -1.51. The summed E-state index contributed by atoms with van der Waals surface area (Å²) >= 11 is 0. The molecule has 29 heavy (non-hydrogen) atoms. The van der Waals surface area contributed by atoms with Crippen LogP contribution >= 0.6 is 0 Å². The first kappa shape index (κ1) is 18.6. The molecule has 2 heterocycles. The van der Waals surface area contributed by atoms with E-state index in [0.717, 1.165) is 25.7 Å². The van der Waals surface area contributed by atoms with Gasteiger partial charge in [0.1, 0.15) is 5.60 Å². The Hall–Kier alpha value is -1.21. The molecule has 0 aromatic rings. The van der Waals surface area contributed by atoms with Crippen molar-refractivity contribution in [3.8, 4) is 0 Å². The summed E-state index contributed by atoms with van der Waals surface area (Å²) in [5.41, 5.74) is -1.88. The minimum absolute atomic E-state index is 0.0396. The first-order valence-corrected chi connectivity index (χ1v) is 11.1. The van der Waals surface area contributed by atoms with Gasteiger partial charge >= 0.3 is 5.97 Å². The van der Waals surface area contributed by atoms with Crippen LogP contribution in [0.3, 0.4) is 0 Å². The molecule has 0 amide bonds. The highest BCUT2D eigenvalue weighted by atomic mass is 16.5. The molecule has 8 atom stereocenters. The molecule has 0 unspecified atom stereocenters. The van der Waals surface area contributed by atoms with E-state index in [0.29, 0.717) is 19.5 Å². The Balaban J connectivity index is 1.71. The summed E-state index contributed by atoms with van der Waals surface area (Å²) in [5.74, 6) is -0.460. The van der Waals surface area contributed by atoms with E-state index < -0.39 is 22.2 Å². The van der Waals surface area contributed by atoms with Crippen LogP contribution in [0.25, 0.3) is 0 Å². The summed E-state index contributed by atoms with van der Waals surface area (Å²) in [6.07, 6.45) is 8.03. The number of hydrogen-bond donors (Lipinski definition) is 3. The lowest BCUT2D eigenvalue weighted by atomic mass is 9.43. The molecule has 1 saturated carbocycles. The van der Waals surface area contributed by atoms with E-state index in [9.17, 15) is 20.1 Å². The summed E-state index contributed by atoms with van der Waals surface area (Å²) in [7, 11) is 1.43. The Kier molecular flexibility index (Phi) is 3.41. The Morgan fingerprint density at radius 2 is 2.00 bits per heavy atom. The lowest BCUT2D eigenvalue weighted by Crippen LogP contribution is -2.79.